The van der Waals surface area contributed by atoms with Crippen molar-refractivity contribution in [3.63, 3.8) is 0 Å². The third-order valence-corrected chi connectivity index (χ3v) is 3.77. The molecule has 4 heteroatoms. The number of nitrogens with two attached hydrogens (primary N) is 1. The molecule has 0 bridgehead atoms. The second kappa shape index (κ2) is 4.63. The van der Waals surface area contributed by atoms with Gasteiger partial charge in [0.2, 0.25) is 10.0 Å². The number of hydrogen-bond donors (Lipinski definition) is 1. The number of allylic oxidation sites excluding steroid dienone is 1. The van der Waals surface area contributed by atoms with Crippen LogP contribution in [0.3, 0.4) is 0 Å². The second-order valence-electron chi connectivity index (χ2n) is 5.16. The third kappa shape index (κ3) is 3.68. The zero-order chi connectivity index (χ0) is 13.3. The summed E-state index contributed by atoms with van der Waals surface area (Å²) in [5.74, 6) is 0. The Morgan fingerprint density at radius 1 is 1.24 bits per heavy atom. The van der Waals surface area contributed by atoms with E-state index in [0.29, 0.717) is 5.56 Å². The van der Waals surface area contributed by atoms with Crippen LogP contribution in [0.4, 0.5) is 0 Å². The van der Waals surface area contributed by atoms with Gasteiger partial charge in [0.1, 0.15) is 0 Å². The summed E-state index contributed by atoms with van der Waals surface area (Å²) in [6.45, 7) is 8.23. The average molecular weight is 253 g/mol. The lowest BCUT2D eigenvalue weighted by Gasteiger charge is -2.20. The SMILES string of the molecule is C/C(=C\c1ccccc1S(N)(=O)=O)C(C)(C)C. The molecule has 0 amide bonds. The molecule has 0 aliphatic carbocycles. The first kappa shape index (κ1) is 13.9. The van der Waals surface area contributed by atoms with Gasteiger partial charge in [-0.1, -0.05) is 50.6 Å². The van der Waals surface area contributed by atoms with Gasteiger partial charge in [0, 0.05) is 0 Å². The van der Waals surface area contributed by atoms with Crippen LogP contribution in [-0.2, 0) is 10.0 Å². The van der Waals surface area contributed by atoms with Crippen molar-refractivity contribution in [3.8, 4) is 0 Å². The van der Waals surface area contributed by atoms with Crippen molar-refractivity contribution in [3.05, 3.63) is 35.4 Å². The van der Waals surface area contributed by atoms with Gasteiger partial charge in [0.15, 0.2) is 0 Å². The molecule has 17 heavy (non-hydrogen) atoms. The molecule has 0 radical (unpaired) electrons. The minimum atomic E-state index is -3.67. The fourth-order valence-electron chi connectivity index (χ4n) is 1.31. The molecule has 0 fully saturated rings. The number of primary sulfonamides is 1. The summed E-state index contributed by atoms with van der Waals surface area (Å²) in [5.41, 5.74) is 1.75. The quantitative estimate of drug-likeness (QED) is 0.881. The van der Waals surface area contributed by atoms with E-state index in [1.807, 2.05) is 13.0 Å². The Morgan fingerprint density at radius 2 is 1.76 bits per heavy atom. The Morgan fingerprint density at radius 3 is 2.24 bits per heavy atom. The largest absolute Gasteiger partial charge is 0.238 e. The summed E-state index contributed by atoms with van der Waals surface area (Å²) in [6, 6.07) is 6.76. The molecule has 1 rings (SSSR count). The lowest BCUT2D eigenvalue weighted by atomic mass is 9.86. The average Bonchev–Trinajstić information content (AvgIpc) is 2.15. The fraction of sp³-hybridized carbons (Fsp3) is 0.385. The van der Waals surface area contributed by atoms with Crippen LogP contribution in [0.2, 0.25) is 0 Å². The molecule has 0 saturated heterocycles. The third-order valence-electron chi connectivity index (χ3n) is 2.78. The van der Waals surface area contributed by atoms with E-state index in [1.165, 1.54) is 6.07 Å². The molecule has 2 N–H and O–H groups in total. The van der Waals surface area contributed by atoms with Gasteiger partial charge in [0.25, 0.3) is 0 Å². The predicted octanol–water partition coefficient (Wildman–Crippen LogP) is 2.78. The van der Waals surface area contributed by atoms with Crippen LogP contribution in [0.1, 0.15) is 33.3 Å². The van der Waals surface area contributed by atoms with E-state index < -0.39 is 10.0 Å². The molecule has 3 nitrogen and oxygen atoms in total. The van der Waals surface area contributed by atoms with Crippen LogP contribution < -0.4 is 5.14 Å². The van der Waals surface area contributed by atoms with Gasteiger partial charge in [-0.05, 0) is 24.0 Å². The molecule has 0 saturated carbocycles. The van der Waals surface area contributed by atoms with E-state index in [2.05, 4.69) is 20.8 Å². The van der Waals surface area contributed by atoms with Crippen molar-refractivity contribution in [1.29, 1.82) is 0 Å². The normalized spacial score (nSPS) is 13.8. The van der Waals surface area contributed by atoms with Gasteiger partial charge >= 0.3 is 0 Å². The zero-order valence-corrected chi connectivity index (χ0v) is 11.5. The van der Waals surface area contributed by atoms with Crippen LogP contribution in [0.15, 0.2) is 34.7 Å². The van der Waals surface area contributed by atoms with E-state index in [-0.39, 0.29) is 10.3 Å². The first-order chi connectivity index (χ1) is 7.62. The minimum absolute atomic E-state index is 0.00543. The monoisotopic (exact) mass is 253 g/mol. The summed E-state index contributed by atoms with van der Waals surface area (Å²) in [6.07, 6.45) is 1.87. The van der Waals surface area contributed by atoms with Crippen molar-refractivity contribution in [2.24, 2.45) is 10.6 Å². The molecule has 1 aromatic rings. The van der Waals surface area contributed by atoms with Gasteiger partial charge < -0.3 is 0 Å². The Kier molecular flexibility index (Phi) is 3.79. The molecular formula is C13H19NO2S. The maximum Gasteiger partial charge on any atom is 0.238 e. The maximum atomic E-state index is 11.4. The summed E-state index contributed by atoms with van der Waals surface area (Å²) in [4.78, 5) is 0.170. The topological polar surface area (TPSA) is 60.2 Å². The maximum absolute atomic E-state index is 11.4. The molecule has 0 atom stereocenters. The van der Waals surface area contributed by atoms with E-state index in [4.69, 9.17) is 5.14 Å². The van der Waals surface area contributed by atoms with E-state index >= 15 is 0 Å². The van der Waals surface area contributed by atoms with E-state index in [0.717, 1.165) is 5.57 Å². The molecular weight excluding hydrogens is 234 g/mol. The second-order valence-corrected chi connectivity index (χ2v) is 6.69. The van der Waals surface area contributed by atoms with Gasteiger partial charge in [-0.25, -0.2) is 13.6 Å². The Balaban J connectivity index is 3.35. The highest BCUT2D eigenvalue weighted by molar-refractivity contribution is 7.89. The molecule has 0 spiro atoms. The summed E-state index contributed by atoms with van der Waals surface area (Å²) >= 11 is 0. The first-order valence-corrected chi connectivity index (χ1v) is 6.97. The highest BCUT2D eigenvalue weighted by Crippen LogP contribution is 2.28. The molecule has 0 aliphatic heterocycles. The van der Waals surface area contributed by atoms with E-state index in [9.17, 15) is 8.42 Å². The molecule has 1 aromatic carbocycles. The number of hydrogen-bond acceptors (Lipinski definition) is 2. The Bertz CT molecular complexity index is 537. The van der Waals surface area contributed by atoms with Crippen LogP contribution in [0.5, 0.6) is 0 Å². The number of rotatable bonds is 2. The zero-order valence-electron chi connectivity index (χ0n) is 10.7. The summed E-state index contributed by atoms with van der Waals surface area (Å²) < 4.78 is 22.9. The van der Waals surface area contributed by atoms with Crippen molar-refractivity contribution in [1.82, 2.24) is 0 Å². The number of sulfonamides is 1. The van der Waals surface area contributed by atoms with Crippen LogP contribution in [0, 0.1) is 5.41 Å². The Labute approximate surface area is 103 Å². The minimum Gasteiger partial charge on any atom is -0.225 e. The van der Waals surface area contributed by atoms with Gasteiger partial charge in [-0.3, -0.25) is 0 Å². The van der Waals surface area contributed by atoms with Crippen molar-refractivity contribution in [2.75, 3.05) is 0 Å². The Hall–Kier alpha value is -1.13. The van der Waals surface area contributed by atoms with E-state index in [1.54, 1.807) is 18.2 Å². The summed E-state index contributed by atoms with van der Waals surface area (Å²) in [5, 5.41) is 5.19. The van der Waals surface area contributed by atoms with Gasteiger partial charge in [-0.15, -0.1) is 0 Å². The smallest absolute Gasteiger partial charge is 0.225 e. The summed E-state index contributed by atoms with van der Waals surface area (Å²) in [7, 11) is -3.67. The molecule has 0 aromatic heterocycles. The predicted molar refractivity (Wildman–Crippen MR) is 70.9 cm³/mol. The van der Waals surface area contributed by atoms with Crippen molar-refractivity contribution < 1.29 is 8.42 Å². The van der Waals surface area contributed by atoms with Crippen LogP contribution in [0.25, 0.3) is 6.08 Å². The van der Waals surface area contributed by atoms with Crippen molar-refractivity contribution >= 4 is 16.1 Å². The van der Waals surface area contributed by atoms with Crippen LogP contribution in [-0.4, -0.2) is 8.42 Å². The first-order valence-electron chi connectivity index (χ1n) is 5.43. The van der Waals surface area contributed by atoms with Gasteiger partial charge in [0.05, 0.1) is 4.90 Å². The standard InChI is InChI=1S/C13H19NO2S/c1-10(13(2,3)4)9-11-7-5-6-8-12(11)17(14,15)16/h5-9H,1-4H3,(H2,14,15,16)/b10-9+. The molecule has 0 unspecified atom stereocenters. The van der Waals surface area contributed by atoms with Crippen molar-refractivity contribution in [2.45, 2.75) is 32.6 Å². The highest BCUT2D eigenvalue weighted by Gasteiger charge is 2.15. The molecule has 0 heterocycles. The number of benzene rings is 1. The lowest BCUT2D eigenvalue weighted by Crippen LogP contribution is -2.14. The fourth-order valence-corrected chi connectivity index (χ4v) is 2.03. The molecule has 94 valence electrons. The molecule has 0 aliphatic rings. The highest BCUT2D eigenvalue weighted by atomic mass is 32.2. The lowest BCUT2D eigenvalue weighted by molar-refractivity contribution is 0.508. The van der Waals surface area contributed by atoms with Gasteiger partial charge in [-0.2, -0.15) is 0 Å². The van der Waals surface area contributed by atoms with Crippen LogP contribution >= 0.6 is 0 Å².